The summed E-state index contributed by atoms with van der Waals surface area (Å²) in [6.45, 7) is 4.73. The van der Waals surface area contributed by atoms with Crippen molar-refractivity contribution in [3.63, 3.8) is 0 Å². The van der Waals surface area contributed by atoms with Crippen molar-refractivity contribution in [3.8, 4) is 89.5 Å². The van der Waals surface area contributed by atoms with E-state index < -0.39 is 0 Å². The molecule has 9 aromatic rings. The highest BCUT2D eigenvalue weighted by atomic mass is 32.2. The molecule has 0 atom stereocenters. The number of aromatic nitrogens is 3. The van der Waals surface area contributed by atoms with Gasteiger partial charge in [0, 0.05) is 44.3 Å². The Bertz CT molecular complexity index is 3000. The first-order valence-corrected chi connectivity index (χ1v) is 20.6. The fourth-order valence-electron chi connectivity index (χ4n) is 8.96. The van der Waals surface area contributed by atoms with E-state index in [2.05, 4.69) is 170 Å². The summed E-state index contributed by atoms with van der Waals surface area (Å²) in [4.78, 5) is 17.2. The smallest absolute Gasteiger partial charge is 0.160 e. The van der Waals surface area contributed by atoms with Gasteiger partial charge in [-0.2, -0.15) is 0 Å². The monoisotopic (exact) mass is 759 g/mol. The highest BCUT2D eigenvalue weighted by Crippen LogP contribution is 2.55. The summed E-state index contributed by atoms with van der Waals surface area (Å²) in [6.07, 6.45) is 3.67. The van der Waals surface area contributed by atoms with Gasteiger partial charge in [0.05, 0.1) is 11.4 Å². The molecule has 0 amide bonds. The Kier molecular flexibility index (Phi) is 8.09. The quantitative estimate of drug-likeness (QED) is 0.180. The van der Waals surface area contributed by atoms with Gasteiger partial charge in [-0.25, -0.2) is 9.97 Å². The summed E-state index contributed by atoms with van der Waals surface area (Å²) in [5.74, 6) is 0.680. The van der Waals surface area contributed by atoms with Crippen molar-refractivity contribution in [1.29, 1.82) is 0 Å². The number of benzene rings is 7. The molecule has 0 unspecified atom stereocenters. The number of pyridine rings is 1. The van der Waals surface area contributed by atoms with E-state index in [9.17, 15) is 0 Å². The van der Waals surface area contributed by atoms with E-state index >= 15 is 0 Å². The molecule has 2 aliphatic rings. The van der Waals surface area contributed by atoms with Crippen LogP contribution >= 0.6 is 11.8 Å². The average Bonchev–Trinajstić information content (AvgIpc) is 3.50. The molecule has 0 saturated heterocycles. The maximum absolute atomic E-state index is 5.27. The van der Waals surface area contributed by atoms with Crippen LogP contribution in [-0.2, 0) is 5.41 Å². The Morgan fingerprint density at radius 3 is 1.67 bits per heavy atom. The topological polar surface area (TPSA) is 38.7 Å². The number of fused-ring (bicyclic) bond motifs is 12. The minimum atomic E-state index is -0.144. The minimum absolute atomic E-state index is 0.144. The van der Waals surface area contributed by atoms with Crippen molar-refractivity contribution in [2.24, 2.45) is 0 Å². The van der Waals surface area contributed by atoms with Crippen molar-refractivity contribution in [2.75, 3.05) is 0 Å². The zero-order valence-corrected chi connectivity index (χ0v) is 33.0. The molecule has 4 heteroatoms. The van der Waals surface area contributed by atoms with E-state index in [1.165, 1.54) is 71.0 Å². The maximum atomic E-state index is 5.27. The second-order valence-corrected chi connectivity index (χ2v) is 16.7. The van der Waals surface area contributed by atoms with Gasteiger partial charge in [0.1, 0.15) is 0 Å². The predicted octanol–water partition coefficient (Wildman–Crippen LogP) is 14.3. The van der Waals surface area contributed by atoms with E-state index in [1.54, 1.807) is 6.20 Å². The van der Waals surface area contributed by atoms with Crippen LogP contribution in [0.5, 0.6) is 0 Å². The van der Waals surface area contributed by atoms with Gasteiger partial charge in [0.15, 0.2) is 5.82 Å². The molecular formula is C54H37N3S. The van der Waals surface area contributed by atoms with E-state index in [0.717, 1.165) is 33.6 Å². The Morgan fingerprint density at radius 2 is 0.966 bits per heavy atom. The van der Waals surface area contributed by atoms with Gasteiger partial charge in [-0.05, 0) is 109 Å². The lowest BCUT2D eigenvalue weighted by Gasteiger charge is -2.24. The van der Waals surface area contributed by atoms with E-state index in [4.69, 9.17) is 9.97 Å². The molecular weight excluding hydrogens is 723 g/mol. The minimum Gasteiger partial charge on any atom is -0.264 e. The largest absolute Gasteiger partial charge is 0.264 e. The van der Waals surface area contributed by atoms with Crippen LogP contribution < -0.4 is 0 Å². The highest BCUT2D eigenvalue weighted by Gasteiger charge is 2.36. The summed E-state index contributed by atoms with van der Waals surface area (Å²) < 4.78 is 0. The summed E-state index contributed by atoms with van der Waals surface area (Å²) in [6, 6.07) is 63.8. The molecule has 11 rings (SSSR count). The van der Waals surface area contributed by atoms with Gasteiger partial charge in [-0.3, -0.25) is 4.98 Å². The first kappa shape index (κ1) is 34.4. The fourth-order valence-corrected chi connectivity index (χ4v) is 10.1. The Morgan fingerprint density at radius 1 is 0.379 bits per heavy atom. The lowest BCUT2D eigenvalue weighted by atomic mass is 9.81. The Balaban J connectivity index is 1.23. The Hall–Kier alpha value is -6.88. The third-order valence-electron chi connectivity index (χ3n) is 11.8. The second-order valence-electron chi connectivity index (χ2n) is 15.6. The molecule has 0 bridgehead atoms. The van der Waals surface area contributed by atoms with Crippen LogP contribution in [0.1, 0.15) is 25.0 Å². The van der Waals surface area contributed by atoms with Crippen LogP contribution in [0.15, 0.2) is 198 Å². The van der Waals surface area contributed by atoms with Gasteiger partial charge in [0.2, 0.25) is 0 Å². The van der Waals surface area contributed by atoms with E-state index in [0.29, 0.717) is 5.82 Å². The van der Waals surface area contributed by atoms with Gasteiger partial charge in [-0.15, -0.1) is 0 Å². The molecule has 0 N–H and O–H groups in total. The Labute approximate surface area is 343 Å². The average molecular weight is 760 g/mol. The van der Waals surface area contributed by atoms with E-state index in [-0.39, 0.29) is 5.41 Å². The number of hydrogen-bond acceptors (Lipinski definition) is 4. The molecule has 3 nitrogen and oxygen atoms in total. The predicted molar refractivity (Wildman–Crippen MR) is 240 cm³/mol. The third-order valence-corrected chi connectivity index (χ3v) is 13.0. The van der Waals surface area contributed by atoms with Crippen molar-refractivity contribution in [2.45, 2.75) is 29.1 Å². The lowest BCUT2D eigenvalue weighted by molar-refractivity contribution is 0.659. The van der Waals surface area contributed by atoms with Crippen LogP contribution in [0.3, 0.4) is 0 Å². The fraction of sp³-hybridized carbons (Fsp3) is 0.0556. The van der Waals surface area contributed by atoms with Crippen molar-refractivity contribution in [3.05, 3.63) is 199 Å². The molecule has 1 aliphatic heterocycles. The second kappa shape index (κ2) is 13.7. The molecule has 274 valence electrons. The number of hydrogen-bond donors (Lipinski definition) is 0. The van der Waals surface area contributed by atoms with Crippen molar-refractivity contribution in [1.82, 2.24) is 15.0 Å². The molecule has 0 radical (unpaired) electrons. The van der Waals surface area contributed by atoms with Crippen LogP contribution in [0.25, 0.3) is 89.5 Å². The molecule has 58 heavy (non-hydrogen) atoms. The molecule has 1 aliphatic carbocycles. The maximum Gasteiger partial charge on any atom is 0.160 e. The lowest BCUT2D eigenvalue weighted by Crippen LogP contribution is -2.15. The van der Waals surface area contributed by atoms with Gasteiger partial charge >= 0.3 is 0 Å². The molecule has 3 heterocycles. The number of rotatable bonds is 3. The van der Waals surface area contributed by atoms with Gasteiger partial charge in [0.25, 0.3) is 0 Å². The zero-order valence-electron chi connectivity index (χ0n) is 32.1. The molecule has 0 saturated carbocycles. The molecule has 7 aromatic carbocycles. The van der Waals surface area contributed by atoms with Crippen LogP contribution in [0.4, 0.5) is 0 Å². The number of nitrogens with zero attached hydrogens (tertiary/aromatic N) is 3. The summed E-state index contributed by atoms with van der Waals surface area (Å²) in [5.41, 5.74) is 19.4. The van der Waals surface area contributed by atoms with Gasteiger partial charge in [-0.1, -0.05) is 159 Å². The summed E-state index contributed by atoms with van der Waals surface area (Å²) in [7, 11) is 0. The SMILES string of the molecule is CC1(C)c2ccccc2-c2cc3c(cc21)Sc1ccccc1-c1ccccc1-c1ccccc1-c1ccc(-c2cc(-c4cccnc4)nc(-c4ccccc4)n2)cc1-3. The third kappa shape index (κ3) is 5.63. The first-order valence-electron chi connectivity index (χ1n) is 19.8. The normalized spacial score (nSPS) is 13.1. The highest BCUT2D eigenvalue weighted by molar-refractivity contribution is 7.99. The van der Waals surface area contributed by atoms with E-state index in [1.807, 2.05) is 42.2 Å². The van der Waals surface area contributed by atoms with Crippen LogP contribution in [0, 0.1) is 0 Å². The molecule has 2 aromatic heterocycles. The first-order chi connectivity index (χ1) is 28.5. The van der Waals surface area contributed by atoms with Crippen LogP contribution in [0.2, 0.25) is 0 Å². The van der Waals surface area contributed by atoms with Gasteiger partial charge < -0.3 is 0 Å². The summed E-state index contributed by atoms with van der Waals surface area (Å²) in [5, 5.41) is 0. The van der Waals surface area contributed by atoms with Crippen molar-refractivity contribution >= 4 is 11.8 Å². The standard InChI is InChI=1S/C54H37N3S/c1-54(2)47-24-12-10-22-42(47)45-30-46-44-29-35(49-32-50(36-17-14-28-55-33-36)57-53(56-49)34-15-4-3-5-16-34)26-27-41(44)39-20-7-6-18-37(39)38-19-8-9-21-40(38)43-23-11-13-25-51(43)58-52(46)31-48(45)54/h3-33H,1-2H3. The summed E-state index contributed by atoms with van der Waals surface area (Å²) >= 11 is 1.87. The molecule has 0 fully saturated rings. The zero-order chi connectivity index (χ0) is 38.8. The van der Waals surface area contributed by atoms with Crippen LogP contribution in [-0.4, -0.2) is 15.0 Å². The van der Waals surface area contributed by atoms with Crippen molar-refractivity contribution < 1.29 is 0 Å². The molecule has 0 spiro atoms.